The van der Waals surface area contributed by atoms with E-state index >= 15 is 0 Å². The van der Waals surface area contributed by atoms with Crippen molar-refractivity contribution in [3.8, 4) is 5.75 Å². The fourth-order valence-corrected chi connectivity index (χ4v) is 2.17. The molecule has 0 spiro atoms. The number of nitrogens with zero attached hydrogens (tertiary/aromatic N) is 1. The summed E-state index contributed by atoms with van der Waals surface area (Å²) in [6, 6.07) is 7.33. The number of carbonyl (C=O) groups is 1. The van der Waals surface area contributed by atoms with Crippen LogP contribution in [0.5, 0.6) is 5.75 Å². The Morgan fingerprint density at radius 3 is 2.33 bits per heavy atom. The van der Waals surface area contributed by atoms with Crippen LogP contribution in [-0.2, 0) is 4.79 Å². The molecule has 1 aromatic carbocycles. The molecule has 0 saturated heterocycles. The number of carboxylic acids is 1. The molecule has 4 nitrogen and oxygen atoms in total. The average Bonchev–Trinajstić information content (AvgIpc) is 2.35. The van der Waals surface area contributed by atoms with Crippen LogP contribution in [0.1, 0.15) is 38.3 Å². The highest BCUT2D eigenvalue weighted by Crippen LogP contribution is 2.25. The van der Waals surface area contributed by atoms with E-state index in [4.69, 9.17) is 5.11 Å². The van der Waals surface area contributed by atoms with E-state index in [1.807, 2.05) is 19.1 Å². The second kappa shape index (κ2) is 7.01. The molecule has 0 amide bonds. The predicted molar refractivity (Wildman–Crippen MR) is 70.6 cm³/mol. The fraction of sp³-hybridized carbons (Fsp3) is 0.500. The zero-order valence-corrected chi connectivity index (χ0v) is 11.0. The van der Waals surface area contributed by atoms with Gasteiger partial charge in [-0.25, -0.2) is 0 Å². The number of carboxylic acid groups (broad SMARTS) is 1. The Hall–Kier alpha value is -1.55. The molecular weight excluding hydrogens is 230 g/mol. The van der Waals surface area contributed by atoms with Crippen LogP contribution < -0.4 is 0 Å². The molecule has 1 aromatic rings. The van der Waals surface area contributed by atoms with E-state index in [2.05, 4.69) is 11.8 Å². The molecule has 0 aliphatic rings. The Morgan fingerprint density at radius 1 is 1.28 bits per heavy atom. The number of hydrogen-bond acceptors (Lipinski definition) is 3. The van der Waals surface area contributed by atoms with Crippen LogP contribution in [0.15, 0.2) is 24.3 Å². The zero-order chi connectivity index (χ0) is 13.5. The van der Waals surface area contributed by atoms with Gasteiger partial charge in [-0.3, -0.25) is 9.69 Å². The third-order valence-electron chi connectivity index (χ3n) is 3.12. The topological polar surface area (TPSA) is 60.8 Å². The Labute approximate surface area is 108 Å². The smallest absolute Gasteiger partial charge is 0.304 e. The zero-order valence-electron chi connectivity index (χ0n) is 11.0. The van der Waals surface area contributed by atoms with E-state index in [0.717, 1.165) is 18.5 Å². The van der Waals surface area contributed by atoms with Crippen molar-refractivity contribution in [3.05, 3.63) is 29.8 Å². The van der Waals surface area contributed by atoms with Gasteiger partial charge in [0.15, 0.2) is 0 Å². The molecule has 0 radical (unpaired) electrons. The van der Waals surface area contributed by atoms with Gasteiger partial charge in [-0.2, -0.15) is 0 Å². The third kappa shape index (κ3) is 4.04. The van der Waals surface area contributed by atoms with E-state index in [-0.39, 0.29) is 18.2 Å². The van der Waals surface area contributed by atoms with E-state index < -0.39 is 5.97 Å². The first-order chi connectivity index (χ1) is 8.58. The van der Waals surface area contributed by atoms with Gasteiger partial charge in [0.1, 0.15) is 5.75 Å². The van der Waals surface area contributed by atoms with Gasteiger partial charge < -0.3 is 10.2 Å². The molecule has 0 aliphatic heterocycles. The molecule has 1 rings (SSSR count). The van der Waals surface area contributed by atoms with Gasteiger partial charge in [-0.15, -0.1) is 0 Å². The molecule has 2 N–H and O–H groups in total. The molecule has 0 saturated carbocycles. The van der Waals surface area contributed by atoms with Crippen LogP contribution in [0.25, 0.3) is 0 Å². The highest BCUT2D eigenvalue weighted by atomic mass is 16.4. The fourth-order valence-electron chi connectivity index (χ4n) is 2.17. The number of rotatable bonds is 7. The lowest BCUT2D eigenvalue weighted by molar-refractivity contribution is -0.137. The van der Waals surface area contributed by atoms with Gasteiger partial charge in [0.2, 0.25) is 0 Å². The van der Waals surface area contributed by atoms with E-state index in [0.29, 0.717) is 6.54 Å². The van der Waals surface area contributed by atoms with Gasteiger partial charge in [0, 0.05) is 12.6 Å². The molecule has 0 aliphatic carbocycles. The summed E-state index contributed by atoms with van der Waals surface area (Å²) in [5, 5.41) is 18.1. The van der Waals surface area contributed by atoms with Crippen molar-refractivity contribution in [3.63, 3.8) is 0 Å². The SMILES string of the molecule is CCC(c1ccc(O)cc1)N(CC)CCC(=O)O. The lowest BCUT2D eigenvalue weighted by Gasteiger charge is -2.30. The minimum absolute atomic E-state index is 0.155. The predicted octanol–water partition coefficient (Wildman–Crippen LogP) is 2.64. The highest BCUT2D eigenvalue weighted by Gasteiger charge is 2.17. The van der Waals surface area contributed by atoms with Crippen molar-refractivity contribution in [1.82, 2.24) is 4.90 Å². The van der Waals surface area contributed by atoms with Gasteiger partial charge in [-0.1, -0.05) is 26.0 Å². The van der Waals surface area contributed by atoms with Crippen molar-refractivity contribution in [2.75, 3.05) is 13.1 Å². The van der Waals surface area contributed by atoms with Crippen LogP contribution in [-0.4, -0.2) is 34.2 Å². The van der Waals surface area contributed by atoms with Crippen LogP contribution in [0.2, 0.25) is 0 Å². The van der Waals surface area contributed by atoms with Gasteiger partial charge in [0.25, 0.3) is 0 Å². The van der Waals surface area contributed by atoms with Crippen molar-refractivity contribution in [2.24, 2.45) is 0 Å². The van der Waals surface area contributed by atoms with Gasteiger partial charge >= 0.3 is 5.97 Å². The number of hydrogen-bond donors (Lipinski definition) is 2. The molecule has 100 valence electrons. The molecule has 4 heteroatoms. The number of aromatic hydroxyl groups is 1. The average molecular weight is 251 g/mol. The summed E-state index contributed by atoms with van der Waals surface area (Å²) in [7, 11) is 0. The molecule has 0 bridgehead atoms. The van der Waals surface area contributed by atoms with Crippen LogP contribution in [0, 0.1) is 0 Å². The summed E-state index contributed by atoms with van der Waals surface area (Å²) in [6.07, 6.45) is 1.07. The molecule has 0 fully saturated rings. The first-order valence-corrected chi connectivity index (χ1v) is 6.33. The lowest BCUT2D eigenvalue weighted by atomic mass is 10.0. The summed E-state index contributed by atoms with van der Waals surface area (Å²) in [5.41, 5.74) is 1.11. The lowest BCUT2D eigenvalue weighted by Crippen LogP contribution is -2.30. The molecule has 0 heterocycles. The van der Waals surface area contributed by atoms with Gasteiger partial charge in [0.05, 0.1) is 6.42 Å². The quantitative estimate of drug-likeness (QED) is 0.782. The van der Waals surface area contributed by atoms with Crippen LogP contribution >= 0.6 is 0 Å². The normalized spacial score (nSPS) is 12.6. The van der Waals surface area contributed by atoms with Crippen molar-refractivity contribution >= 4 is 5.97 Å². The Morgan fingerprint density at radius 2 is 1.89 bits per heavy atom. The van der Waals surface area contributed by atoms with E-state index in [1.165, 1.54) is 0 Å². The maximum absolute atomic E-state index is 10.7. The minimum Gasteiger partial charge on any atom is -0.508 e. The van der Waals surface area contributed by atoms with Crippen LogP contribution in [0.4, 0.5) is 0 Å². The Bertz CT molecular complexity index is 375. The van der Waals surface area contributed by atoms with E-state index in [1.54, 1.807) is 12.1 Å². The summed E-state index contributed by atoms with van der Waals surface area (Å²) >= 11 is 0. The first kappa shape index (κ1) is 14.5. The van der Waals surface area contributed by atoms with Gasteiger partial charge in [-0.05, 0) is 30.7 Å². The largest absolute Gasteiger partial charge is 0.508 e. The Balaban J connectivity index is 2.78. The minimum atomic E-state index is -0.769. The number of phenolic OH excluding ortho intramolecular Hbond substituents is 1. The van der Waals surface area contributed by atoms with Crippen molar-refractivity contribution < 1.29 is 15.0 Å². The summed E-state index contributed by atoms with van der Waals surface area (Å²) in [6.45, 7) is 5.48. The first-order valence-electron chi connectivity index (χ1n) is 6.33. The molecule has 18 heavy (non-hydrogen) atoms. The third-order valence-corrected chi connectivity index (χ3v) is 3.12. The Kier molecular flexibility index (Phi) is 5.65. The number of benzene rings is 1. The molecule has 1 atom stereocenters. The van der Waals surface area contributed by atoms with E-state index in [9.17, 15) is 9.90 Å². The molecular formula is C14H21NO3. The molecule has 1 unspecified atom stereocenters. The number of aliphatic carboxylic acids is 1. The summed E-state index contributed by atoms with van der Waals surface area (Å²) < 4.78 is 0. The molecule has 0 aromatic heterocycles. The monoisotopic (exact) mass is 251 g/mol. The van der Waals surface area contributed by atoms with Crippen molar-refractivity contribution in [1.29, 1.82) is 0 Å². The van der Waals surface area contributed by atoms with Crippen molar-refractivity contribution in [2.45, 2.75) is 32.7 Å². The maximum Gasteiger partial charge on any atom is 0.304 e. The summed E-state index contributed by atoms with van der Waals surface area (Å²) in [5.74, 6) is -0.517. The second-order valence-electron chi connectivity index (χ2n) is 4.29. The highest BCUT2D eigenvalue weighted by molar-refractivity contribution is 5.66. The maximum atomic E-state index is 10.7. The summed E-state index contributed by atoms with van der Waals surface area (Å²) in [4.78, 5) is 12.8. The second-order valence-corrected chi connectivity index (χ2v) is 4.29. The van der Waals surface area contributed by atoms with Crippen LogP contribution in [0.3, 0.4) is 0 Å². The standard InChI is InChI=1S/C14H21NO3/c1-3-13(11-5-7-12(16)8-6-11)15(4-2)10-9-14(17)18/h5-8,13,16H,3-4,9-10H2,1-2H3,(H,17,18). The number of phenols is 1.